The summed E-state index contributed by atoms with van der Waals surface area (Å²) in [7, 11) is 1.81. The third kappa shape index (κ3) is 4.69. The molecule has 0 amide bonds. The Morgan fingerprint density at radius 2 is 2.15 bits per heavy atom. The predicted octanol–water partition coefficient (Wildman–Crippen LogP) is 3.56. The lowest BCUT2D eigenvalue weighted by Crippen LogP contribution is -2.48. The molecule has 27 heavy (non-hydrogen) atoms. The molecule has 1 aliphatic heterocycles. The molecule has 1 saturated heterocycles. The Morgan fingerprint density at radius 1 is 1.33 bits per heavy atom. The van der Waals surface area contributed by atoms with Crippen molar-refractivity contribution in [3.8, 4) is 0 Å². The molecule has 6 nitrogen and oxygen atoms in total. The number of rotatable bonds is 4. The number of hydrogen-bond acceptors (Lipinski definition) is 4. The first-order valence-corrected chi connectivity index (χ1v) is 9.57. The average Bonchev–Trinajstić information content (AvgIpc) is 3.12. The molecular formula is C21H30N4O2. The lowest BCUT2D eigenvalue weighted by molar-refractivity contribution is -0.00837. The molecule has 0 radical (unpaired) electrons. The molecule has 1 aromatic heterocycles. The Kier molecular flexibility index (Phi) is 6.16. The Labute approximate surface area is 161 Å². The summed E-state index contributed by atoms with van der Waals surface area (Å²) in [4.78, 5) is 6.69. The van der Waals surface area contributed by atoms with Crippen LogP contribution in [0.5, 0.6) is 0 Å². The third-order valence-electron chi connectivity index (χ3n) is 4.94. The second kappa shape index (κ2) is 8.57. The second-order valence-corrected chi connectivity index (χ2v) is 7.44. The summed E-state index contributed by atoms with van der Waals surface area (Å²) in [5.41, 5.74) is 4.77. The molecule has 1 atom stereocenters. The topological polar surface area (TPSA) is 62.9 Å². The van der Waals surface area contributed by atoms with Crippen LogP contribution in [0.1, 0.15) is 54.0 Å². The number of morpholine rings is 1. The lowest BCUT2D eigenvalue weighted by Gasteiger charge is -2.35. The Hall–Kier alpha value is -2.34. The van der Waals surface area contributed by atoms with Gasteiger partial charge in [-0.25, -0.2) is 0 Å². The number of nitrogens with zero attached hydrogens (tertiary/aromatic N) is 3. The fraction of sp³-hybridized carbons (Fsp3) is 0.524. The quantitative estimate of drug-likeness (QED) is 0.658. The van der Waals surface area contributed by atoms with E-state index in [2.05, 4.69) is 66.3 Å². The lowest BCUT2D eigenvalue weighted by atomic mass is 10.00. The van der Waals surface area contributed by atoms with Crippen LogP contribution in [0.4, 0.5) is 0 Å². The molecule has 146 valence electrons. The summed E-state index contributed by atoms with van der Waals surface area (Å²) in [6, 6.07) is 8.54. The van der Waals surface area contributed by atoms with E-state index in [-0.39, 0.29) is 6.10 Å². The van der Waals surface area contributed by atoms with Crippen LogP contribution in [0.15, 0.2) is 33.8 Å². The molecule has 0 spiro atoms. The van der Waals surface area contributed by atoms with E-state index in [4.69, 9.17) is 9.26 Å². The van der Waals surface area contributed by atoms with Crippen molar-refractivity contribution < 1.29 is 9.26 Å². The van der Waals surface area contributed by atoms with Crippen molar-refractivity contribution in [1.82, 2.24) is 15.4 Å². The van der Waals surface area contributed by atoms with Crippen LogP contribution in [0.2, 0.25) is 0 Å². The Balaban J connectivity index is 1.64. The first-order chi connectivity index (χ1) is 13.0. The molecule has 1 fully saturated rings. The third-order valence-corrected chi connectivity index (χ3v) is 4.94. The van der Waals surface area contributed by atoms with Crippen molar-refractivity contribution in [3.63, 3.8) is 0 Å². The fourth-order valence-electron chi connectivity index (χ4n) is 3.40. The van der Waals surface area contributed by atoms with Crippen molar-refractivity contribution in [2.24, 2.45) is 4.99 Å². The largest absolute Gasteiger partial charge is 0.370 e. The zero-order valence-corrected chi connectivity index (χ0v) is 17.0. The summed E-state index contributed by atoms with van der Waals surface area (Å²) >= 11 is 0. The van der Waals surface area contributed by atoms with E-state index >= 15 is 0 Å². The van der Waals surface area contributed by atoms with Crippen LogP contribution in [0.3, 0.4) is 0 Å². The number of benzene rings is 1. The minimum Gasteiger partial charge on any atom is -0.370 e. The zero-order chi connectivity index (χ0) is 19.4. The molecule has 3 rings (SSSR count). The van der Waals surface area contributed by atoms with E-state index in [1.807, 2.05) is 13.1 Å². The van der Waals surface area contributed by atoms with Crippen molar-refractivity contribution >= 4 is 5.96 Å². The number of aromatic nitrogens is 1. The number of nitrogens with one attached hydrogen (secondary N) is 1. The molecule has 1 N–H and O–H groups in total. The first kappa shape index (κ1) is 19.4. The van der Waals surface area contributed by atoms with Gasteiger partial charge in [0.25, 0.3) is 0 Å². The van der Waals surface area contributed by atoms with Crippen LogP contribution in [0, 0.1) is 13.8 Å². The van der Waals surface area contributed by atoms with E-state index in [9.17, 15) is 0 Å². The summed E-state index contributed by atoms with van der Waals surface area (Å²) in [6.07, 6.45) is 0.0516. The maximum absolute atomic E-state index is 6.05. The summed E-state index contributed by atoms with van der Waals surface area (Å²) < 4.78 is 11.5. The molecule has 0 saturated carbocycles. The number of ether oxygens (including phenoxy) is 1. The minimum atomic E-state index is 0.0516. The summed E-state index contributed by atoms with van der Waals surface area (Å²) in [5, 5.41) is 7.50. The molecule has 6 heteroatoms. The highest BCUT2D eigenvalue weighted by Crippen LogP contribution is 2.26. The van der Waals surface area contributed by atoms with E-state index in [1.165, 1.54) is 16.7 Å². The SMILES string of the molecule is CN=C(NCc1cc(C(C)C)no1)N1CCOC(c2ccc(C)cc2C)C1. The van der Waals surface area contributed by atoms with Gasteiger partial charge in [-0.05, 0) is 30.9 Å². The maximum atomic E-state index is 6.05. The van der Waals surface area contributed by atoms with Gasteiger partial charge in [0.2, 0.25) is 0 Å². The molecule has 2 aromatic rings. The minimum absolute atomic E-state index is 0.0516. The van der Waals surface area contributed by atoms with Crippen LogP contribution in [-0.2, 0) is 11.3 Å². The normalized spacial score (nSPS) is 18.2. The van der Waals surface area contributed by atoms with Crippen LogP contribution < -0.4 is 5.32 Å². The number of aliphatic imine (C=N–C) groups is 1. The number of hydrogen-bond donors (Lipinski definition) is 1. The zero-order valence-electron chi connectivity index (χ0n) is 17.0. The first-order valence-electron chi connectivity index (χ1n) is 9.57. The maximum Gasteiger partial charge on any atom is 0.194 e. The second-order valence-electron chi connectivity index (χ2n) is 7.44. The average molecular weight is 370 g/mol. The van der Waals surface area contributed by atoms with Gasteiger partial charge in [-0.15, -0.1) is 0 Å². The van der Waals surface area contributed by atoms with E-state index in [1.54, 1.807) is 0 Å². The van der Waals surface area contributed by atoms with Gasteiger partial charge in [0.1, 0.15) is 6.10 Å². The smallest absolute Gasteiger partial charge is 0.194 e. The molecular weight excluding hydrogens is 340 g/mol. The molecule has 0 aliphatic carbocycles. The van der Waals surface area contributed by atoms with E-state index in [0.717, 1.165) is 30.5 Å². The molecule has 1 unspecified atom stereocenters. The number of aryl methyl sites for hydroxylation is 2. The molecule has 1 aromatic carbocycles. The van der Waals surface area contributed by atoms with Crippen LogP contribution in [0.25, 0.3) is 0 Å². The Bertz CT molecular complexity index is 797. The van der Waals surface area contributed by atoms with Crippen molar-refractivity contribution in [3.05, 3.63) is 52.4 Å². The highest BCUT2D eigenvalue weighted by atomic mass is 16.5. The number of guanidine groups is 1. The van der Waals surface area contributed by atoms with Crippen molar-refractivity contribution in [2.75, 3.05) is 26.7 Å². The summed E-state index contributed by atoms with van der Waals surface area (Å²) in [5.74, 6) is 2.04. The standard InChI is InChI=1S/C21H30N4O2/c1-14(2)19-11-17(27-24-19)12-23-21(22-5)25-8-9-26-20(13-25)18-7-6-15(3)10-16(18)4/h6-7,10-11,14,20H,8-9,12-13H2,1-5H3,(H,22,23). The van der Waals surface area contributed by atoms with Crippen molar-refractivity contribution in [1.29, 1.82) is 0 Å². The molecule has 0 bridgehead atoms. The van der Waals surface area contributed by atoms with Gasteiger partial charge in [-0.1, -0.05) is 42.8 Å². The predicted molar refractivity (Wildman–Crippen MR) is 107 cm³/mol. The van der Waals surface area contributed by atoms with Crippen LogP contribution in [-0.4, -0.2) is 42.8 Å². The van der Waals surface area contributed by atoms with Gasteiger partial charge in [0, 0.05) is 19.7 Å². The van der Waals surface area contributed by atoms with Gasteiger partial charge in [0.15, 0.2) is 11.7 Å². The van der Waals surface area contributed by atoms with E-state index < -0.39 is 0 Å². The summed E-state index contributed by atoms with van der Waals surface area (Å²) in [6.45, 7) is 11.3. The van der Waals surface area contributed by atoms with Gasteiger partial charge in [0.05, 0.1) is 25.4 Å². The Morgan fingerprint density at radius 3 is 2.81 bits per heavy atom. The van der Waals surface area contributed by atoms with Crippen molar-refractivity contribution in [2.45, 2.75) is 46.3 Å². The highest BCUT2D eigenvalue weighted by molar-refractivity contribution is 5.80. The monoisotopic (exact) mass is 370 g/mol. The molecule has 2 heterocycles. The van der Waals surface area contributed by atoms with Gasteiger partial charge in [-0.3, -0.25) is 4.99 Å². The van der Waals surface area contributed by atoms with Gasteiger partial charge >= 0.3 is 0 Å². The van der Waals surface area contributed by atoms with Gasteiger partial charge < -0.3 is 19.5 Å². The van der Waals surface area contributed by atoms with Crippen LogP contribution >= 0.6 is 0 Å². The fourth-order valence-corrected chi connectivity index (χ4v) is 3.40. The molecule has 1 aliphatic rings. The van der Waals surface area contributed by atoms with Gasteiger partial charge in [-0.2, -0.15) is 0 Å². The van der Waals surface area contributed by atoms with E-state index in [0.29, 0.717) is 19.1 Å². The highest BCUT2D eigenvalue weighted by Gasteiger charge is 2.25.